The van der Waals surface area contributed by atoms with E-state index in [4.69, 9.17) is 5.84 Å². The van der Waals surface area contributed by atoms with Gasteiger partial charge in [0.25, 0.3) is 0 Å². The second-order valence-electron chi connectivity index (χ2n) is 6.21. The summed E-state index contributed by atoms with van der Waals surface area (Å²) >= 11 is 0. The van der Waals surface area contributed by atoms with Gasteiger partial charge in [0.05, 0.1) is 0 Å². The molecular weight excluding hydrogens is 236 g/mol. The summed E-state index contributed by atoms with van der Waals surface area (Å²) in [7, 11) is 0. The van der Waals surface area contributed by atoms with E-state index in [2.05, 4.69) is 29.6 Å². The Kier molecular flexibility index (Phi) is 4.64. The lowest BCUT2D eigenvalue weighted by molar-refractivity contribution is 0.252. The van der Waals surface area contributed by atoms with Gasteiger partial charge in [0.1, 0.15) is 11.6 Å². The number of rotatable bonds is 6. The molecule has 0 aliphatic heterocycles. The van der Waals surface area contributed by atoms with Gasteiger partial charge in [-0.25, -0.2) is 10.8 Å². The van der Waals surface area contributed by atoms with Crippen LogP contribution in [0.2, 0.25) is 0 Å². The van der Waals surface area contributed by atoms with Gasteiger partial charge in [-0.15, -0.1) is 0 Å². The highest BCUT2D eigenvalue weighted by Gasteiger charge is 2.34. The van der Waals surface area contributed by atoms with Gasteiger partial charge in [-0.3, -0.25) is 0 Å². The molecule has 1 heterocycles. The Bertz CT molecular complexity index is 397. The van der Waals surface area contributed by atoms with Crippen molar-refractivity contribution in [3.05, 3.63) is 18.2 Å². The highest BCUT2D eigenvalue weighted by molar-refractivity contribution is 5.44. The number of nitrogen functional groups attached to an aromatic ring is 1. The van der Waals surface area contributed by atoms with Gasteiger partial charge in [-0.2, -0.15) is 0 Å². The zero-order chi connectivity index (χ0) is 13.7. The van der Waals surface area contributed by atoms with Crippen LogP contribution >= 0.6 is 0 Å². The molecule has 4 heteroatoms. The van der Waals surface area contributed by atoms with E-state index in [9.17, 15) is 0 Å². The number of hydrogen-bond acceptors (Lipinski definition) is 4. The van der Waals surface area contributed by atoms with Crippen LogP contribution in [0.4, 0.5) is 11.6 Å². The van der Waals surface area contributed by atoms with Crippen LogP contribution in [0.5, 0.6) is 0 Å². The average molecular weight is 262 g/mol. The standard InChI is InChI=1S/C15H26N4/c1-12(2)10-15(8-3-4-9-15)11-17-13-6-5-7-14(18-13)19-16/h5-7,12H,3-4,8-11,16H2,1-2H3,(H2,17,18,19). The van der Waals surface area contributed by atoms with E-state index in [0.717, 1.165) is 18.3 Å². The number of hydrazine groups is 1. The SMILES string of the molecule is CC(C)CC1(CNc2cccc(NN)n2)CCCC1. The van der Waals surface area contributed by atoms with Crippen LogP contribution in [0.25, 0.3) is 0 Å². The molecule has 0 radical (unpaired) electrons. The number of pyridine rings is 1. The van der Waals surface area contributed by atoms with Gasteiger partial charge in [0.15, 0.2) is 0 Å². The monoisotopic (exact) mass is 262 g/mol. The Morgan fingerprint density at radius 3 is 2.58 bits per heavy atom. The van der Waals surface area contributed by atoms with Gasteiger partial charge in [-0.1, -0.05) is 32.8 Å². The Balaban J connectivity index is 1.98. The predicted molar refractivity (Wildman–Crippen MR) is 80.9 cm³/mol. The lowest BCUT2D eigenvalue weighted by Gasteiger charge is -2.31. The average Bonchev–Trinajstić information content (AvgIpc) is 2.85. The highest BCUT2D eigenvalue weighted by atomic mass is 15.3. The first-order chi connectivity index (χ1) is 9.13. The molecule has 1 aromatic heterocycles. The summed E-state index contributed by atoms with van der Waals surface area (Å²) in [5, 5.41) is 3.50. The lowest BCUT2D eigenvalue weighted by atomic mass is 9.78. The fourth-order valence-electron chi connectivity index (χ4n) is 3.34. The fraction of sp³-hybridized carbons (Fsp3) is 0.667. The summed E-state index contributed by atoms with van der Waals surface area (Å²) in [4.78, 5) is 4.42. The van der Waals surface area contributed by atoms with Gasteiger partial charge >= 0.3 is 0 Å². The summed E-state index contributed by atoms with van der Waals surface area (Å²) in [6.07, 6.45) is 6.72. The van der Waals surface area contributed by atoms with Crippen molar-refractivity contribution in [3.63, 3.8) is 0 Å². The molecule has 19 heavy (non-hydrogen) atoms. The number of hydrogen-bond donors (Lipinski definition) is 3. The van der Waals surface area contributed by atoms with Crippen molar-refractivity contribution < 1.29 is 0 Å². The molecule has 0 unspecified atom stereocenters. The molecule has 0 saturated heterocycles. The van der Waals surface area contributed by atoms with Crippen LogP contribution in [-0.4, -0.2) is 11.5 Å². The van der Waals surface area contributed by atoms with Crippen molar-refractivity contribution >= 4 is 11.6 Å². The van der Waals surface area contributed by atoms with E-state index >= 15 is 0 Å². The maximum absolute atomic E-state index is 5.39. The van der Waals surface area contributed by atoms with E-state index in [-0.39, 0.29) is 0 Å². The van der Waals surface area contributed by atoms with Gasteiger partial charge in [-0.05, 0) is 42.7 Å². The molecule has 0 atom stereocenters. The van der Waals surface area contributed by atoms with Crippen LogP contribution in [0.15, 0.2) is 18.2 Å². The van der Waals surface area contributed by atoms with Crippen LogP contribution < -0.4 is 16.6 Å². The molecular formula is C15H26N4. The van der Waals surface area contributed by atoms with Crippen molar-refractivity contribution in [2.45, 2.75) is 46.0 Å². The minimum absolute atomic E-state index is 0.460. The predicted octanol–water partition coefficient (Wildman–Crippen LogP) is 3.39. The minimum Gasteiger partial charge on any atom is -0.369 e. The van der Waals surface area contributed by atoms with E-state index in [0.29, 0.717) is 11.2 Å². The largest absolute Gasteiger partial charge is 0.369 e. The highest BCUT2D eigenvalue weighted by Crippen LogP contribution is 2.43. The maximum Gasteiger partial charge on any atom is 0.142 e. The molecule has 4 N–H and O–H groups in total. The van der Waals surface area contributed by atoms with Crippen molar-refractivity contribution in [3.8, 4) is 0 Å². The molecule has 1 fully saturated rings. The van der Waals surface area contributed by atoms with Crippen LogP contribution in [0.1, 0.15) is 46.0 Å². The third kappa shape index (κ3) is 3.83. The fourth-order valence-corrected chi connectivity index (χ4v) is 3.34. The summed E-state index contributed by atoms with van der Waals surface area (Å²) in [5.74, 6) is 7.75. The zero-order valence-corrected chi connectivity index (χ0v) is 12.1. The molecule has 0 bridgehead atoms. The van der Waals surface area contributed by atoms with E-state index in [1.54, 1.807) is 0 Å². The molecule has 1 aromatic rings. The van der Waals surface area contributed by atoms with Crippen molar-refractivity contribution in [2.24, 2.45) is 17.2 Å². The quantitative estimate of drug-likeness (QED) is 0.543. The first kappa shape index (κ1) is 14.1. The summed E-state index contributed by atoms with van der Waals surface area (Å²) in [6.45, 7) is 5.65. The van der Waals surface area contributed by atoms with Crippen LogP contribution in [0, 0.1) is 11.3 Å². The molecule has 106 valence electrons. The molecule has 4 nitrogen and oxygen atoms in total. The smallest absolute Gasteiger partial charge is 0.142 e. The third-order valence-electron chi connectivity index (χ3n) is 4.05. The molecule has 1 saturated carbocycles. The maximum atomic E-state index is 5.39. The molecule has 0 aromatic carbocycles. The summed E-state index contributed by atoms with van der Waals surface area (Å²) in [6, 6.07) is 5.83. The first-order valence-electron chi connectivity index (χ1n) is 7.31. The van der Waals surface area contributed by atoms with E-state index in [1.807, 2.05) is 18.2 Å². The molecule has 1 aliphatic carbocycles. The number of aromatic nitrogens is 1. The van der Waals surface area contributed by atoms with Crippen molar-refractivity contribution in [1.29, 1.82) is 0 Å². The molecule has 1 aliphatic rings. The number of nitrogens with one attached hydrogen (secondary N) is 2. The Labute approximate surface area is 116 Å². The van der Waals surface area contributed by atoms with Crippen LogP contribution in [-0.2, 0) is 0 Å². The number of nitrogens with zero attached hydrogens (tertiary/aromatic N) is 1. The first-order valence-corrected chi connectivity index (χ1v) is 7.31. The topological polar surface area (TPSA) is 63.0 Å². The Hall–Kier alpha value is -1.29. The second kappa shape index (κ2) is 6.24. The second-order valence-corrected chi connectivity index (χ2v) is 6.21. The zero-order valence-electron chi connectivity index (χ0n) is 12.1. The Morgan fingerprint density at radius 2 is 1.95 bits per heavy atom. The molecule has 0 amide bonds. The normalized spacial score (nSPS) is 17.7. The minimum atomic E-state index is 0.460. The van der Waals surface area contributed by atoms with Gasteiger partial charge in [0.2, 0.25) is 0 Å². The van der Waals surface area contributed by atoms with Crippen molar-refractivity contribution in [1.82, 2.24) is 4.98 Å². The number of nitrogens with two attached hydrogens (primary N) is 1. The van der Waals surface area contributed by atoms with Gasteiger partial charge < -0.3 is 10.7 Å². The van der Waals surface area contributed by atoms with Gasteiger partial charge in [0, 0.05) is 6.54 Å². The van der Waals surface area contributed by atoms with Crippen LogP contribution in [0.3, 0.4) is 0 Å². The van der Waals surface area contributed by atoms with Crippen molar-refractivity contribution in [2.75, 3.05) is 17.3 Å². The number of anilines is 2. The molecule has 0 spiro atoms. The summed E-state index contributed by atoms with van der Waals surface area (Å²) < 4.78 is 0. The lowest BCUT2D eigenvalue weighted by Crippen LogP contribution is -2.28. The molecule has 2 rings (SSSR count). The van der Waals surface area contributed by atoms with E-state index < -0.39 is 0 Å². The third-order valence-corrected chi connectivity index (χ3v) is 4.05. The Morgan fingerprint density at radius 1 is 1.26 bits per heavy atom. The summed E-state index contributed by atoms with van der Waals surface area (Å²) in [5.41, 5.74) is 3.05. The van der Waals surface area contributed by atoms with E-state index in [1.165, 1.54) is 32.1 Å².